The lowest BCUT2D eigenvalue weighted by atomic mass is 10.1. The predicted octanol–water partition coefficient (Wildman–Crippen LogP) is 2.54. The van der Waals surface area contributed by atoms with Crippen molar-refractivity contribution in [1.29, 1.82) is 0 Å². The van der Waals surface area contributed by atoms with Crippen molar-refractivity contribution >= 4 is 11.6 Å². The second-order valence-corrected chi connectivity index (χ2v) is 3.91. The zero-order valence-corrected chi connectivity index (χ0v) is 9.17. The molecule has 13 heavy (non-hydrogen) atoms. The van der Waals surface area contributed by atoms with Crippen LogP contribution < -0.4 is 0 Å². The van der Waals surface area contributed by atoms with E-state index in [-0.39, 0.29) is 0 Å². The number of aromatic nitrogens is 3. The van der Waals surface area contributed by atoms with E-state index in [4.69, 9.17) is 11.6 Å². The Morgan fingerprint density at radius 1 is 1.38 bits per heavy atom. The minimum absolute atomic E-state index is 0.512. The van der Waals surface area contributed by atoms with Crippen LogP contribution in [0.5, 0.6) is 0 Å². The van der Waals surface area contributed by atoms with E-state index < -0.39 is 0 Å². The van der Waals surface area contributed by atoms with Gasteiger partial charge in [0, 0.05) is 13.0 Å². The van der Waals surface area contributed by atoms with Crippen LogP contribution in [0.1, 0.15) is 33.0 Å². The monoisotopic (exact) mass is 201 g/mol. The first-order valence-corrected chi connectivity index (χ1v) is 5.10. The van der Waals surface area contributed by atoms with Gasteiger partial charge in [-0.3, -0.25) is 0 Å². The van der Waals surface area contributed by atoms with E-state index >= 15 is 0 Å². The Morgan fingerprint density at radius 3 is 2.62 bits per heavy atom. The van der Waals surface area contributed by atoms with Gasteiger partial charge in [0.15, 0.2) is 0 Å². The van der Waals surface area contributed by atoms with Crippen molar-refractivity contribution in [2.45, 2.75) is 40.2 Å². The standard InChI is InChI=1S/C9H16ClN3/c1-4-8-11-12-9(10)13(8)6-5-7(2)3/h7H,4-6H2,1-3H3. The molecular weight excluding hydrogens is 186 g/mol. The third kappa shape index (κ3) is 2.69. The molecule has 1 heterocycles. The van der Waals surface area contributed by atoms with E-state index in [0.717, 1.165) is 25.2 Å². The minimum Gasteiger partial charge on any atom is -0.302 e. The quantitative estimate of drug-likeness (QED) is 0.750. The number of hydrogen-bond donors (Lipinski definition) is 0. The van der Waals surface area contributed by atoms with Crippen LogP contribution in [-0.4, -0.2) is 14.8 Å². The van der Waals surface area contributed by atoms with Gasteiger partial charge in [-0.25, -0.2) is 0 Å². The van der Waals surface area contributed by atoms with Gasteiger partial charge in [0.2, 0.25) is 5.28 Å². The summed E-state index contributed by atoms with van der Waals surface area (Å²) in [6, 6.07) is 0. The van der Waals surface area contributed by atoms with Crippen LogP contribution in [0, 0.1) is 5.92 Å². The smallest absolute Gasteiger partial charge is 0.225 e. The van der Waals surface area contributed by atoms with E-state index in [9.17, 15) is 0 Å². The van der Waals surface area contributed by atoms with E-state index in [1.165, 1.54) is 0 Å². The fourth-order valence-electron chi connectivity index (χ4n) is 1.18. The predicted molar refractivity (Wildman–Crippen MR) is 53.9 cm³/mol. The molecule has 0 unspecified atom stereocenters. The molecule has 0 aliphatic heterocycles. The second-order valence-electron chi connectivity index (χ2n) is 3.57. The molecule has 0 spiro atoms. The highest BCUT2D eigenvalue weighted by Crippen LogP contribution is 2.11. The Labute approximate surface area is 84.1 Å². The maximum absolute atomic E-state index is 5.90. The normalized spacial score (nSPS) is 11.2. The average Bonchev–Trinajstić information content (AvgIpc) is 2.43. The highest BCUT2D eigenvalue weighted by atomic mass is 35.5. The molecule has 3 nitrogen and oxygen atoms in total. The summed E-state index contributed by atoms with van der Waals surface area (Å²) in [5.41, 5.74) is 0. The first-order valence-electron chi connectivity index (χ1n) is 4.72. The van der Waals surface area contributed by atoms with Crippen molar-refractivity contribution in [2.75, 3.05) is 0 Å². The summed E-state index contributed by atoms with van der Waals surface area (Å²) in [6.07, 6.45) is 2.00. The zero-order valence-electron chi connectivity index (χ0n) is 8.42. The number of aryl methyl sites for hydroxylation is 1. The van der Waals surface area contributed by atoms with Gasteiger partial charge in [0.1, 0.15) is 5.82 Å². The summed E-state index contributed by atoms with van der Waals surface area (Å²) in [7, 11) is 0. The van der Waals surface area contributed by atoms with E-state index in [2.05, 4.69) is 31.0 Å². The Bertz CT molecular complexity index is 268. The molecule has 0 bridgehead atoms. The molecule has 74 valence electrons. The number of hydrogen-bond acceptors (Lipinski definition) is 2. The maximum atomic E-state index is 5.90. The van der Waals surface area contributed by atoms with Gasteiger partial charge in [-0.1, -0.05) is 20.8 Å². The van der Waals surface area contributed by atoms with Crippen LogP contribution >= 0.6 is 11.6 Å². The van der Waals surface area contributed by atoms with Crippen LogP contribution in [0.4, 0.5) is 0 Å². The van der Waals surface area contributed by atoms with Crippen molar-refractivity contribution < 1.29 is 0 Å². The van der Waals surface area contributed by atoms with Crippen LogP contribution in [0.15, 0.2) is 0 Å². The van der Waals surface area contributed by atoms with Crippen LogP contribution in [0.3, 0.4) is 0 Å². The van der Waals surface area contributed by atoms with E-state index in [0.29, 0.717) is 11.2 Å². The Morgan fingerprint density at radius 2 is 2.08 bits per heavy atom. The topological polar surface area (TPSA) is 30.7 Å². The third-order valence-corrected chi connectivity index (χ3v) is 2.31. The number of rotatable bonds is 4. The van der Waals surface area contributed by atoms with Crippen molar-refractivity contribution in [1.82, 2.24) is 14.8 Å². The second kappa shape index (κ2) is 4.61. The van der Waals surface area contributed by atoms with Crippen molar-refractivity contribution in [3.05, 3.63) is 11.1 Å². The molecule has 0 N–H and O–H groups in total. The van der Waals surface area contributed by atoms with E-state index in [1.807, 2.05) is 4.57 Å². The molecule has 0 aromatic carbocycles. The molecule has 1 aromatic rings. The molecule has 0 saturated carbocycles. The van der Waals surface area contributed by atoms with Gasteiger partial charge in [0.05, 0.1) is 0 Å². The lowest BCUT2D eigenvalue weighted by molar-refractivity contribution is 0.506. The molecular formula is C9H16ClN3. The SMILES string of the molecule is CCc1nnc(Cl)n1CCC(C)C. The maximum Gasteiger partial charge on any atom is 0.225 e. The number of halogens is 1. The van der Waals surface area contributed by atoms with Gasteiger partial charge in [-0.2, -0.15) is 0 Å². The largest absolute Gasteiger partial charge is 0.302 e. The molecule has 0 saturated heterocycles. The van der Waals surface area contributed by atoms with Crippen LogP contribution in [0.2, 0.25) is 5.28 Å². The van der Waals surface area contributed by atoms with Gasteiger partial charge in [0.25, 0.3) is 0 Å². The summed E-state index contributed by atoms with van der Waals surface area (Å²) in [6.45, 7) is 7.38. The Balaban J connectivity index is 2.68. The first-order chi connectivity index (χ1) is 6.15. The molecule has 0 aliphatic rings. The molecule has 0 aliphatic carbocycles. The van der Waals surface area contributed by atoms with Gasteiger partial charge < -0.3 is 4.57 Å². The lowest BCUT2D eigenvalue weighted by Gasteiger charge is -2.08. The molecule has 1 rings (SSSR count). The first kappa shape index (κ1) is 10.5. The summed E-state index contributed by atoms with van der Waals surface area (Å²) < 4.78 is 1.99. The Hall–Kier alpha value is -0.570. The number of nitrogens with zero attached hydrogens (tertiary/aromatic N) is 3. The fourth-order valence-corrected chi connectivity index (χ4v) is 1.40. The molecule has 4 heteroatoms. The Kier molecular flexibility index (Phi) is 3.72. The summed E-state index contributed by atoms with van der Waals surface area (Å²) >= 11 is 5.90. The van der Waals surface area contributed by atoms with Gasteiger partial charge >= 0.3 is 0 Å². The van der Waals surface area contributed by atoms with Crippen LogP contribution in [-0.2, 0) is 13.0 Å². The fraction of sp³-hybridized carbons (Fsp3) is 0.778. The summed E-state index contributed by atoms with van der Waals surface area (Å²) in [5.74, 6) is 1.66. The lowest BCUT2D eigenvalue weighted by Crippen LogP contribution is -2.05. The highest BCUT2D eigenvalue weighted by Gasteiger charge is 2.08. The van der Waals surface area contributed by atoms with Crippen molar-refractivity contribution in [3.63, 3.8) is 0 Å². The van der Waals surface area contributed by atoms with E-state index in [1.54, 1.807) is 0 Å². The zero-order chi connectivity index (χ0) is 9.84. The average molecular weight is 202 g/mol. The molecule has 0 fully saturated rings. The van der Waals surface area contributed by atoms with Crippen molar-refractivity contribution in [3.8, 4) is 0 Å². The van der Waals surface area contributed by atoms with Crippen molar-refractivity contribution in [2.24, 2.45) is 5.92 Å². The highest BCUT2D eigenvalue weighted by molar-refractivity contribution is 6.28. The minimum atomic E-state index is 0.512. The summed E-state index contributed by atoms with van der Waals surface area (Å²) in [4.78, 5) is 0. The molecule has 0 radical (unpaired) electrons. The van der Waals surface area contributed by atoms with Gasteiger partial charge in [-0.15, -0.1) is 10.2 Å². The summed E-state index contributed by atoms with van der Waals surface area (Å²) in [5, 5.41) is 8.35. The molecule has 0 amide bonds. The van der Waals surface area contributed by atoms with Crippen LogP contribution in [0.25, 0.3) is 0 Å². The third-order valence-electron chi connectivity index (χ3n) is 2.03. The van der Waals surface area contributed by atoms with Gasteiger partial charge in [-0.05, 0) is 23.9 Å². The molecule has 1 aromatic heterocycles. The molecule has 0 atom stereocenters.